The van der Waals surface area contributed by atoms with Crippen molar-refractivity contribution in [3.05, 3.63) is 82.1 Å². The van der Waals surface area contributed by atoms with Crippen molar-refractivity contribution >= 4 is 26.7 Å². The van der Waals surface area contributed by atoms with E-state index in [1.165, 1.54) is 11.5 Å². The van der Waals surface area contributed by atoms with Gasteiger partial charge in [0.05, 0.1) is 6.04 Å². The van der Waals surface area contributed by atoms with E-state index >= 15 is 0 Å². The Morgan fingerprint density at radius 1 is 0.952 bits per heavy atom. The van der Waals surface area contributed by atoms with Gasteiger partial charge in [-0.3, -0.25) is 0 Å². The minimum Gasteiger partial charge on any atom is -0.309 e. The van der Waals surface area contributed by atoms with E-state index in [9.17, 15) is 4.39 Å². The van der Waals surface area contributed by atoms with Crippen molar-refractivity contribution in [1.82, 2.24) is 5.32 Å². The Balaban J connectivity index is 2.14. The van der Waals surface area contributed by atoms with Crippen molar-refractivity contribution in [3.63, 3.8) is 0 Å². The Bertz CT molecular complexity index is 765. The van der Waals surface area contributed by atoms with Crippen LogP contribution >= 0.6 is 15.9 Å². The predicted octanol–water partition coefficient (Wildman–Crippen LogP) is 5.05. The zero-order valence-electron chi connectivity index (χ0n) is 11.6. The fourth-order valence-electron chi connectivity index (χ4n) is 2.65. The number of fused-ring (bicyclic) bond motifs is 1. The Morgan fingerprint density at radius 2 is 1.71 bits per heavy atom. The third-order valence-electron chi connectivity index (χ3n) is 3.68. The summed E-state index contributed by atoms with van der Waals surface area (Å²) in [4.78, 5) is 0. The number of benzene rings is 3. The van der Waals surface area contributed by atoms with Crippen LogP contribution in [0.5, 0.6) is 0 Å². The molecule has 0 saturated heterocycles. The molecule has 0 spiro atoms. The van der Waals surface area contributed by atoms with Gasteiger partial charge in [0.2, 0.25) is 0 Å². The van der Waals surface area contributed by atoms with Crippen molar-refractivity contribution < 1.29 is 4.39 Å². The summed E-state index contributed by atoms with van der Waals surface area (Å²) in [5.41, 5.74) is 1.68. The van der Waals surface area contributed by atoms with Gasteiger partial charge in [-0.1, -0.05) is 58.4 Å². The van der Waals surface area contributed by atoms with Crippen LogP contribution in [0.1, 0.15) is 17.2 Å². The van der Waals surface area contributed by atoms with Crippen molar-refractivity contribution in [2.45, 2.75) is 6.04 Å². The molecule has 3 aromatic carbocycles. The SMILES string of the molecule is CNC(c1ccc2ccccc2c1)c1c(F)cccc1Br. The van der Waals surface area contributed by atoms with Gasteiger partial charge in [0.15, 0.2) is 0 Å². The molecule has 21 heavy (non-hydrogen) atoms. The smallest absolute Gasteiger partial charge is 0.129 e. The standard InChI is InChI=1S/C18H15BrFN/c1-21-18(17-15(19)7-4-8-16(17)20)14-10-9-12-5-2-3-6-13(12)11-14/h2-11,18,21H,1H3. The average Bonchev–Trinajstić information content (AvgIpc) is 2.50. The molecule has 1 nitrogen and oxygen atoms in total. The number of rotatable bonds is 3. The van der Waals surface area contributed by atoms with E-state index in [4.69, 9.17) is 0 Å². The monoisotopic (exact) mass is 343 g/mol. The third kappa shape index (κ3) is 2.71. The summed E-state index contributed by atoms with van der Waals surface area (Å²) in [6.07, 6.45) is 0. The Kier molecular flexibility index (Phi) is 4.04. The van der Waals surface area contributed by atoms with Gasteiger partial charge in [0, 0.05) is 10.0 Å². The summed E-state index contributed by atoms with van der Waals surface area (Å²) in [7, 11) is 1.85. The van der Waals surface area contributed by atoms with E-state index in [1.54, 1.807) is 6.07 Å². The molecule has 0 aromatic heterocycles. The van der Waals surface area contributed by atoms with Gasteiger partial charge in [-0.15, -0.1) is 0 Å². The summed E-state index contributed by atoms with van der Waals surface area (Å²) in [6.45, 7) is 0. The lowest BCUT2D eigenvalue weighted by Crippen LogP contribution is -2.19. The Labute approximate surface area is 131 Å². The molecular formula is C18H15BrFN. The maximum Gasteiger partial charge on any atom is 0.129 e. The lowest BCUT2D eigenvalue weighted by atomic mass is 9.96. The van der Waals surface area contributed by atoms with Crippen molar-refractivity contribution in [2.75, 3.05) is 7.05 Å². The van der Waals surface area contributed by atoms with Crippen LogP contribution in [0.4, 0.5) is 4.39 Å². The summed E-state index contributed by atoms with van der Waals surface area (Å²) < 4.78 is 15.0. The molecule has 0 heterocycles. The topological polar surface area (TPSA) is 12.0 Å². The van der Waals surface area contributed by atoms with E-state index in [0.29, 0.717) is 5.56 Å². The molecular weight excluding hydrogens is 329 g/mol. The van der Waals surface area contributed by atoms with Crippen LogP contribution < -0.4 is 5.32 Å². The highest BCUT2D eigenvalue weighted by Crippen LogP contribution is 2.32. The molecule has 0 aliphatic carbocycles. The van der Waals surface area contributed by atoms with Crippen LogP contribution in [-0.2, 0) is 0 Å². The van der Waals surface area contributed by atoms with E-state index in [2.05, 4.69) is 45.5 Å². The molecule has 3 rings (SSSR count). The molecule has 0 radical (unpaired) electrons. The largest absolute Gasteiger partial charge is 0.309 e. The van der Waals surface area contributed by atoms with E-state index < -0.39 is 0 Å². The van der Waals surface area contributed by atoms with Crippen LogP contribution in [0.2, 0.25) is 0 Å². The van der Waals surface area contributed by atoms with E-state index in [-0.39, 0.29) is 11.9 Å². The zero-order chi connectivity index (χ0) is 14.8. The second kappa shape index (κ2) is 5.96. The normalized spacial score (nSPS) is 12.5. The second-order valence-corrected chi connectivity index (χ2v) is 5.82. The highest BCUT2D eigenvalue weighted by molar-refractivity contribution is 9.10. The summed E-state index contributed by atoms with van der Waals surface area (Å²) in [5, 5.41) is 5.55. The first kappa shape index (κ1) is 14.2. The van der Waals surface area contributed by atoms with Gasteiger partial charge < -0.3 is 5.32 Å². The second-order valence-electron chi connectivity index (χ2n) is 4.96. The molecule has 1 N–H and O–H groups in total. The first-order valence-corrected chi connectivity index (χ1v) is 7.60. The molecule has 0 aliphatic rings. The van der Waals surface area contributed by atoms with Crippen molar-refractivity contribution in [1.29, 1.82) is 0 Å². The van der Waals surface area contributed by atoms with Gasteiger partial charge in [-0.25, -0.2) is 4.39 Å². The molecule has 0 saturated carbocycles. The third-order valence-corrected chi connectivity index (χ3v) is 4.38. The zero-order valence-corrected chi connectivity index (χ0v) is 13.2. The fourth-order valence-corrected chi connectivity index (χ4v) is 3.22. The Morgan fingerprint density at radius 3 is 2.43 bits per heavy atom. The highest BCUT2D eigenvalue weighted by Gasteiger charge is 2.19. The average molecular weight is 344 g/mol. The van der Waals surface area contributed by atoms with Gasteiger partial charge in [0.1, 0.15) is 5.82 Å². The van der Waals surface area contributed by atoms with Gasteiger partial charge >= 0.3 is 0 Å². The van der Waals surface area contributed by atoms with Crippen LogP contribution in [0.25, 0.3) is 10.8 Å². The van der Waals surface area contributed by atoms with Crippen LogP contribution in [0.15, 0.2) is 65.1 Å². The van der Waals surface area contributed by atoms with Gasteiger partial charge in [-0.05, 0) is 41.6 Å². The number of hydrogen-bond donors (Lipinski definition) is 1. The maximum atomic E-state index is 14.2. The number of hydrogen-bond acceptors (Lipinski definition) is 1. The van der Waals surface area contributed by atoms with Crippen LogP contribution in [-0.4, -0.2) is 7.05 Å². The molecule has 0 fully saturated rings. The van der Waals surface area contributed by atoms with E-state index in [0.717, 1.165) is 15.4 Å². The van der Waals surface area contributed by atoms with Gasteiger partial charge in [-0.2, -0.15) is 0 Å². The molecule has 0 aliphatic heterocycles. The van der Waals surface area contributed by atoms with Crippen molar-refractivity contribution in [3.8, 4) is 0 Å². The molecule has 106 valence electrons. The number of nitrogens with one attached hydrogen (secondary N) is 1. The van der Waals surface area contributed by atoms with E-state index in [1.807, 2.05) is 31.3 Å². The lowest BCUT2D eigenvalue weighted by molar-refractivity contribution is 0.574. The molecule has 1 atom stereocenters. The first-order valence-electron chi connectivity index (χ1n) is 6.80. The minimum atomic E-state index is -0.211. The van der Waals surface area contributed by atoms with Crippen LogP contribution in [0, 0.1) is 5.82 Å². The van der Waals surface area contributed by atoms with Crippen LogP contribution in [0.3, 0.4) is 0 Å². The molecule has 0 amide bonds. The molecule has 3 aromatic rings. The minimum absolute atomic E-state index is 0.190. The highest BCUT2D eigenvalue weighted by atomic mass is 79.9. The fraction of sp³-hybridized carbons (Fsp3) is 0.111. The first-order chi connectivity index (χ1) is 10.2. The lowest BCUT2D eigenvalue weighted by Gasteiger charge is -2.20. The van der Waals surface area contributed by atoms with Crippen molar-refractivity contribution in [2.24, 2.45) is 0 Å². The molecule has 3 heteroatoms. The molecule has 0 bridgehead atoms. The maximum absolute atomic E-state index is 14.2. The summed E-state index contributed by atoms with van der Waals surface area (Å²) in [6, 6.07) is 19.3. The van der Waals surface area contributed by atoms with Gasteiger partial charge in [0.25, 0.3) is 0 Å². The summed E-state index contributed by atoms with van der Waals surface area (Å²) in [5.74, 6) is -0.211. The quantitative estimate of drug-likeness (QED) is 0.701. The summed E-state index contributed by atoms with van der Waals surface area (Å²) >= 11 is 3.46. The Hall–Kier alpha value is -1.71. The molecule has 1 unspecified atom stereocenters. The number of halogens is 2. The predicted molar refractivity (Wildman–Crippen MR) is 89.0 cm³/mol.